The number of ether oxygens (including phenoxy) is 1. The highest BCUT2D eigenvalue weighted by Gasteiger charge is 2.67. The number of nitrogens with two attached hydrogens (primary N) is 1. The first kappa shape index (κ1) is 29.0. The minimum absolute atomic E-state index is 0.0352. The number of fused-ring (bicyclic) bond motifs is 7. The largest absolute Gasteiger partial charge is 0.481 e. The van der Waals surface area contributed by atoms with Crippen LogP contribution in [0.2, 0.25) is 0 Å². The molecule has 5 rings (SSSR count). The van der Waals surface area contributed by atoms with E-state index in [9.17, 15) is 24.6 Å². The molecule has 218 valence electrons. The highest BCUT2D eigenvalue weighted by Crippen LogP contribution is 2.75. The van der Waals surface area contributed by atoms with Crippen molar-refractivity contribution in [1.82, 2.24) is 0 Å². The van der Waals surface area contributed by atoms with Crippen molar-refractivity contribution >= 4 is 17.7 Å². The second-order valence-electron chi connectivity index (χ2n) is 14.6. The number of ketones is 1. The van der Waals surface area contributed by atoms with Crippen LogP contribution in [0.25, 0.3) is 0 Å². The summed E-state index contributed by atoms with van der Waals surface area (Å²) >= 11 is 0. The highest BCUT2D eigenvalue weighted by molar-refractivity contribution is 6.08. The summed E-state index contributed by atoms with van der Waals surface area (Å²) in [4.78, 5) is 38.2. The minimum Gasteiger partial charge on any atom is -0.481 e. The fraction of sp³-hybridized carbons (Fsp3) is 0.667. The van der Waals surface area contributed by atoms with Crippen LogP contribution in [0.4, 0.5) is 0 Å². The lowest BCUT2D eigenvalue weighted by Crippen LogP contribution is -2.62. The van der Waals surface area contributed by atoms with Crippen molar-refractivity contribution in [1.29, 1.82) is 0 Å². The normalized spacial score (nSPS) is 42.2. The Morgan fingerprint density at radius 3 is 2.30 bits per heavy atom. The Kier molecular flexibility index (Phi) is 6.52. The molecule has 7 nitrogen and oxygen atoms in total. The number of rotatable bonds is 4. The smallest absolute Gasteiger partial charge is 0.331 e. The van der Waals surface area contributed by atoms with Gasteiger partial charge in [0.25, 0.3) is 0 Å². The standard InChI is InChI=1S/C33H45NO6/c1-18-20-8-9-23-31(5,21(20)16-22(36)26(18)40-27(37)25(34)19(2)35)13-15-33(7)24-17-30(4,28(38)39)11-10-29(24,3)12-14-32(23,33)6/h8-9,16,19,24-25,35H,10-15,17,34H2,1-7H3,(H,38,39)/t19-,24-,25+,29-,30-,31+,32-,33+/m1/s1. The summed E-state index contributed by atoms with van der Waals surface area (Å²) < 4.78 is 5.44. The molecular formula is C33H45NO6. The zero-order chi connectivity index (χ0) is 29.6. The van der Waals surface area contributed by atoms with Crippen molar-refractivity contribution in [2.45, 2.75) is 106 Å². The van der Waals surface area contributed by atoms with Gasteiger partial charge in [0.05, 0.1) is 11.5 Å². The zero-order valence-electron chi connectivity index (χ0n) is 25.0. The second kappa shape index (κ2) is 8.99. The molecule has 0 heterocycles. The highest BCUT2D eigenvalue weighted by atomic mass is 16.5. The molecule has 5 aliphatic rings. The van der Waals surface area contributed by atoms with Gasteiger partial charge in [-0.15, -0.1) is 0 Å². The summed E-state index contributed by atoms with van der Waals surface area (Å²) in [5.74, 6) is -1.63. The van der Waals surface area contributed by atoms with Crippen LogP contribution >= 0.6 is 0 Å². The number of aliphatic hydroxyl groups is 1. The van der Waals surface area contributed by atoms with Gasteiger partial charge in [0.1, 0.15) is 6.04 Å². The predicted octanol–water partition coefficient (Wildman–Crippen LogP) is 5.39. The predicted molar refractivity (Wildman–Crippen MR) is 152 cm³/mol. The van der Waals surface area contributed by atoms with Gasteiger partial charge in [-0.2, -0.15) is 0 Å². The van der Waals surface area contributed by atoms with E-state index in [0.29, 0.717) is 12.0 Å². The van der Waals surface area contributed by atoms with Crippen LogP contribution in [0.3, 0.4) is 0 Å². The molecule has 0 aromatic carbocycles. The molecule has 0 aromatic heterocycles. The quantitative estimate of drug-likeness (QED) is 0.400. The molecule has 7 heteroatoms. The molecule has 40 heavy (non-hydrogen) atoms. The Bertz CT molecular complexity index is 1320. The number of carboxylic acid groups (broad SMARTS) is 1. The topological polar surface area (TPSA) is 127 Å². The maximum atomic E-state index is 13.4. The molecule has 0 aliphatic heterocycles. The monoisotopic (exact) mass is 551 g/mol. The van der Waals surface area contributed by atoms with Crippen molar-refractivity contribution in [3.05, 3.63) is 46.3 Å². The van der Waals surface area contributed by atoms with E-state index < -0.39 is 29.5 Å². The number of hydrogen-bond acceptors (Lipinski definition) is 6. The summed E-state index contributed by atoms with van der Waals surface area (Å²) in [5, 5.41) is 19.8. The van der Waals surface area contributed by atoms with E-state index in [1.807, 2.05) is 6.92 Å². The van der Waals surface area contributed by atoms with Crippen molar-refractivity contribution < 1.29 is 29.3 Å². The molecule has 3 saturated carbocycles. The van der Waals surface area contributed by atoms with E-state index in [1.165, 1.54) is 12.5 Å². The second-order valence-corrected chi connectivity index (χ2v) is 14.6. The summed E-state index contributed by atoms with van der Waals surface area (Å²) in [6, 6.07) is -1.24. The molecule has 3 fully saturated rings. The van der Waals surface area contributed by atoms with E-state index >= 15 is 0 Å². The van der Waals surface area contributed by atoms with E-state index in [1.54, 1.807) is 13.0 Å². The number of carbonyl (C=O) groups is 3. The third kappa shape index (κ3) is 3.79. The van der Waals surface area contributed by atoms with Crippen LogP contribution in [0, 0.1) is 33.0 Å². The van der Waals surface area contributed by atoms with Gasteiger partial charge in [-0.25, -0.2) is 4.79 Å². The molecule has 0 aromatic rings. The Morgan fingerprint density at radius 2 is 1.68 bits per heavy atom. The fourth-order valence-corrected chi connectivity index (χ4v) is 9.14. The van der Waals surface area contributed by atoms with Crippen LogP contribution in [0.1, 0.15) is 93.4 Å². The van der Waals surface area contributed by atoms with E-state index in [4.69, 9.17) is 10.5 Å². The van der Waals surface area contributed by atoms with Crippen molar-refractivity contribution in [3.8, 4) is 0 Å². The Morgan fingerprint density at radius 1 is 1.02 bits per heavy atom. The summed E-state index contributed by atoms with van der Waals surface area (Å²) in [6.07, 6.45) is 11.1. The Hall–Kier alpha value is -2.51. The van der Waals surface area contributed by atoms with Gasteiger partial charge in [0.2, 0.25) is 5.78 Å². The first-order chi connectivity index (χ1) is 18.4. The van der Waals surface area contributed by atoms with Gasteiger partial charge in [0, 0.05) is 11.0 Å². The molecule has 0 bridgehead atoms. The lowest BCUT2D eigenvalue weighted by atomic mass is 9.34. The molecule has 0 amide bonds. The number of hydrogen-bond donors (Lipinski definition) is 3. The number of aliphatic carboxylic acids is 1. The number of esters is 1. The number of carbonyl (C=O) groups excluding carboxylic acids is 2. The first-order valence-corrected chi connectivity index (χ1v) is 14.7. The first-order valence-electron chi connectivity index (χ1n) is 14.7. The van der Waals surface area contributed by atoms with Crippen LogP contribution in [0.15, 0.2) is 46.3 Å². The Balaban J connectivity index is 1.56. The molecule has 4 N–H and O–H groups in total. The van der Waals surface area contributed by atoms with Gasteiger partial charge >= 0.3 is 11.9 Å². The van der Waals surface area contributed by atoms with Gasteiger partial charge in [-0.05, 0) is 105 Å². The van der Waals surface area contributed by atoms with Crippen molar-refractivity contribution in [3.63, 3.8) is 0 Å². The molecule has 0 radical (unpaired) electrons. The third-order valence-corrected chi connectivity index (χ3v) is 12.4. The van der Waals surface area contributed by atoms with E-state index in [-0.39, 0.29) is 39.1 Å². The van der Waals surface area contributed by atoms with Crippen molar-refractivity contribution in [2.24, 2.45) is 38.7 Å². The van der Waals surface area contributed by atoms with Gasteiger partial charge in [0.15, 0.2) is 5.76 Å². The van der Waals surface area contributed by atoms with Crippen molar-refractivity contribution in [2.75, 3.05) is 0 Å². The maximum Gasteiger partial charge on any atom is 0.331 e. The number of allylic oxidation sites excluding steroid dienone is 7. The molecule has 0 saturated heterocycles. The van der Waals surface area contributed by atoms with Crippen LogP contribution in [-0.4, -0.2) is 40.1 Å². The summed E-state index contributed by atoms with van der Waals surface area (Å²) in [7, 11) is 0. The van der Waals surface area contributed by atoms with Crippen LogP contribution in [0.5, 0.6) is 0 Å². The lowest BCUT2D eigenvalue weighted by Gasteiger charge is -2.70. The van der Waals surface area contributed by atoms with Gasteiger partial charge in [-0.3, -0.25) is 9.59 Å². The summed E-state index contributed by atoms with van der Waals surface area (Å²) in [6.45, 7) is 14.5. The third-order valence-electron chi connectivity index (χ3n) is 12.4. The van der Waals surface area contributed by atoms with E-state index in [2.05, 4.69) is 39.8 Å². The van der Waals surface area contributed by atoms with Crippen LogP contribution < -0.4 is 5.73 Å². The SMILES string of the molecule is CC1=C(OC(=O)[C@@H](N)[C@@H](C)O)C(=O)C=C2C1=CC=C1[C@@]2(C)CC[C@@]2(C)[C@@H]3C[C@](C)(C(=O)O)CC[C@]3(C)CC[C@]12C. The zero-order valence-corrected chi connectivity index (χ0v) is 25.0. The van der Waals surface area contributed by atoms with Crippen LogP contribution in [-0.2, 0) is 19.1 Å². The van der Waals surface area contributed by atoms with Gasteiger partial charge in [-0.1, -0.05) is 45.4 Å². The molecule has 0 spiro atoms. The Labute approximate surface area is 237 Å². The molecule has 8 atom stereocenters. The molecule has 5 aliphatic carbocycles. The maximum absolute atomic E-state index is 13.4. The van der Waals surface area contributed by atoms with E-state index in [0.717, 1.165) is 49.7 Å². The lowest BCUT2D eigenvalue weighted by molar-refractivity contribution is -0.178. The average molecular weight is 552 g/mol. The summed E-state index contributed by atoms with van der Waals surface area (Å²) in [5.41, 5.74) is 8.37. The van der Waals surface area contributed by atoms with Gasteiger partial charge < -0.3 is 20.7 Å². The number of aliphatic hydroxyl groups excluding tert-OH is 1. The fourth-order valence-electron chi connectivity index (χ4n) is 9.14. The minimum atomic E-state index is -1.24. The molecule has 0 unspecified atom stereocenters. The molecular weight excluding hydrogens is 506 g/mol. The number of carboxylic acids is 1. The average Bonchev–Trinajstić information content (AvgIpc) is 2.88.